The second-order valence-electron chi connectivity index (χ2n) is 3.62. The van der Waals surface area contributed by atoms with Crippen LogP contribution in [-0.4, -0.2) is 9.19 Å². The maximum Gasteiger partial charge on any atom is 0.162 e. The Morgan fingerprint density at radius 3 is 2.78 bits per heavy atom. The fourth-order valence-electron chi connectivity index (χ4n) is 1.48. The van der Waals surface area contributed by atoms with Gasteiger partial charge in [0.2, 0.25) is 0 Å². The summed E-state index contributed by atoms with van der Waals surface area (Å²) in [5.74, 6) is -2.05. The summed E-state index contributed by atoms with van der Waals surface area (Å²) < 4.78 is 38.4. The maximum absolute atomic E-state index is 13.4. The number of nitrogens with zero attached hydrogens (tertiary/aromatic N) is 1. The van der Waals surface area contributed by atoms with E-state index >= 15 is 0 Å². The second kappa shape index (κ2) is 5.22. The van der Waals surface area contributed by atoms with E-state index in [1.165, 1.54) is 30.6 Å². The van der Waals surface area contributed by atoms with Gasteiger partial charge in [0.05, 0.1) is 33.3 Å². The van der Waals surface area contributed by atoms with Crippen LogP contribution in [0.3, 0.4) is 0 Å². The lowest BCUT2D eigenvalue weighted by Crippen LogP contribution is -2.03. The van der Waals surface area contributed by atoms with Gasteiger partial charge in [0, 0.05) is 11.8 Å². The fourth-order valence-corrected chi connectivity index (χ4v) is 2.67. The van der Waals surface area contributed by atoms with E-state index in [1.54, 1.807) is 0 Å². The predicted octanol–water partition coefficient (Wildman–Crippen LogP) is 2.25. The molecule has 2 N–H and O–H groups in total. The number of nitrogen functional groups attached to an aromatic ring is 1. The molecule has 2 aromatic rings. The SMILES string of the molecule is Nc1cnccc1S(=O)Cc1cccc(F)c1F. The average Bonchev–Trinajstić information content (AvgIpc) is 2.35. The zero-order valence-electron chi connectivity index (χ0n) is 9.27. The summed E-state index contributed by atoms with van der Waals surface area (Å²) in [4.78, 5) is 4.14. The van der Waals surface area contributed by atoms with E-state index in [1.807, 2.05) is 0 Å². The molecule has 1 aromatic heterocycles. The van der Waals surface area contributed by atoms with Crippen molar-refractivity contribution in [2.75, 3.05) is 5.73 Å². The third kappa shape index (κ3) is 2.53. The minimum absolute atomic E-state index is 0.0598. The van der Waals surface area contributed by atoms with Crippen LogP contribution in [0.2, 0.25) is 0 Å². The lowest BCUT2D eigenvalue weighted by atomic mass is 10.2. The molecule has 0 saturated heterocycles. The summed E-state index contributed by atoms with van der Waals surface area (Å²) in [5, 5.41) is 0. The highest BCUT2D eigenvalue weighted by atomic mass is 32.2. The first-order valence-corrected chi connectivity index (χ1v) is 6.42. The van der Waals surface area contributed by atoms with Crippen molar-refractivity contribution in [3.63, 3.8) is 0 Å². The summed E-state index contributed by atoms with van der Waals surface area (Å²) in [6.45, 7) is 0. The van der Waals surface area contributed by atoms with E-state index in [-0.39, 0.29) is 17.0 Å². The summed E-state index contributed by atoms with van der Waals surface area (Å²) in [6, 6.07) is 5.29. The number of benzene rings is 1. The van der Waals surface area contributed by atoms with Crippen LogP contribution in [0.4, 0.5) is 14.5 Å². The first-order valence-electron chi connectivity index (χ1n) is 5.10. The van der Waals surface area contributed by atoms with Gasteiger partial charge in [0.15, 0.2) is 11.6 Å². The normalized spacial score (nSPS) is 12.3. The van der Waals surface area contributed by atoms with Crippen molar-refractivity contribution in [3.05, 3.63) is 53.9 Å². The molecule has 1 heterocycles. The van der Waals surface area contributed by atoms with Crippen molar-refractivity contribution in [1.82, 2.24) is 4.98 Å². The molecule has 0 aliphatic carbocycles. The van der Waals surface area contributed by atoms with Gasteiger partial charge < -0.3 is 5.73 Å². The Hall–Kier alpha value is -1.82. The third-order valence-corrected chi connectivity index (χ3v) is 3.81. The Morgan fingerprint density at radius 1 is 1.28 bits per heavy atom. The molecule has 6 heteroatoms. The molecule has 0 fully saturated rings. The molecule has 3 nitrogen and oxygen atoms in total. The van der Waals surface area contributed by atoms with Crippen LogP contribution in [-0.2, 0) is 16.6 Å². The fraction of sp³-hybridized carbons (Fsp3) is 0.0833. The zero-order valence-corrected chi connectivity index (χ0v) is 10.1. The summed E-state index contributed by atoms with van der Waals surface area (Å²) in [5.41, 5.74) is 5.95. The molecule has 0 saturated carbocycles. The topological polar surface area (TPSA) is 56.0 Å². The van der Waals surface area contributed by atoms with Gasteiger partial charge in [-0.3, -0.25) is 9.19 Å². The van der Waals surface area contributed by atoms with E-state index < -0.39 is 22.4 Å². The Morgan fingerprint density at radius 2 is 2.06 bits per heavy atom. The predicted molar refractivity (Wildman–Crippen MR) is 65.1 cm³/mol. The van der Waals surface area contributed by atoms with Gasteiger partial charge in [0.1, 0.15) is 0 Å². The van der Waals surface area contributed by atoms with Gasteiger partial charge in [-0.2, -0.15) is 0 Å². The number of hydrogen-bond acceptors (Lipinski definition) is 3. The Labute approximate surface area is 105 Å². The van der Waals surface area contributed by atoms with E-state index in [2.05, 4.69) is 4.98 Å². The standard InChI is InChI=1S/C12H10F2N2OS/c13-9-3-1-2-8(12(9)14)7-18(17)11-4-5-16-6-10(11)15/h1-6H,7,15H2. The van der Waals surface area contributed by atoms with Crippen LogP contribution >= 0.6 is 0 Å². The molecule has 0 aliphatic rings. The van der Waals surface area contributed by atoms with Crippen LogP contribution in [0.15, 0.2) is 41.6 Å². The third-order valence-electron chi connectivity index (χ3n) is 2.37. The molecular formula is C12H10F2N2OS. The van der Waals surface area contributed by atoms with Crippen LogP contribution in [0.25, 0.3) is 0 Å². The Balaban J connectivity index is 2.27. The lowest BCUT2D eigenvalue weighted by molar-refractivity contribution is 0.502. The summed E-state index contributed by atoms with van der Waals surface area (Å²) in [7, 11) is -1.54. The summed E-state index contributed by atoms with van der Waals surface area (Å²) in [6.07, 6.45) is 2.82. The monoisotopic (exact) mass is 268 g/mol. The molecule has 0 spiro atoms. The quantitative estimate of drug-likeness (QED) is 0.928. The highest BCUT2D eigenvalue weighted by molar-refractivity contribution is 7.84. The molecule has 2 rings (SSSR count). The van der Waals surface area contributed by atoms with Crippen LogP contribution in [0, 0.1) is 11.6 Å². The first-order chi connectivity index (χ1) is 8.59. The zero-order chi connectivity index (χ0) is 13.1. The van der Waals surface area contributed by atoms with Gasteiger partial charge >= 0.3 is 0 Å². The second-order valence-corrected chi connectivity index (χ2v) is 5.04. The number of halogens is 2. The molecule has 0 radical (unpaired) electrons. The van der Waals surface area contributed by atoms with E-state index in [4.69, 9.17) is 5.73 Å². The molecule has 1 atom stereocenters. The number of hydrogen-bond donors (Lipinski definition) is 1. The molecule has 1 unspecified atom stereocenters. The molecule has 0 aliphatic heterocycles. The van der Waals surface area contributed by atoms with E-state index in [0.717, 1.165) is 6.07 Å². The van der Waals surface area contributed by atoms with Gasteiger partial charge in [-0.25, -0.2) is 8.78 Å². The minimum atomic E-state index is -1.54. The number of pyridine rings is 1. The van der Waals surface area contributed by atoms with Crippen molar-refractivity contribution >= 4 is 16.5 Å². The van der Waals surface area contributed by atoms with Gasteiger partial charge in [-0.1, -0.05) is 12.1 Å². The molecular weight excluding hydrogens is 258 g/mol. The molecule has 0 amide bonds. The van der Waals surface area contributed by atoms with Crippen molar-refractivity contribution in [1.29, 1.82) is 0 Å². The van der Waals surface area contributed by atoms with Gasteiger partial charge in [-0.15, -0.1) is 0 Å². The molecule has 18 heavy (non-hydrogen) atoms. The van der Waals surface area contributed by atoms with Crippen molar-refractivity contribution in [2.45, 2.75) is 10.6 Å². The molecule has 94 valence electrons. The van der Waals surface area contributed by atoms with Crippen molar-refractivity contribution in [3.8, 4) is 0 Å². The van der Waals surface area contributed by atoms with Gasteiger partial charge in [-0.05, 0) is 12.1 Å². The van der Waals surface area contributed by atoms with E-state index in [9.17, 15) is 13.0 Å². The Bertz CT molecular complexity index is 604. The number of nitrogens with two attached hydrogens (primary N) is 1. The van der Waals surface area contributed by atoms with Crippen LogP contribution < -0.4 is 5.73 Å². The first kappa shape index (κ1) is 12.6. The van der Waals surface area contributed by atoms with E-state index in [0.29, 0.717) is 4.90 Å². The number of rotatable bonds is 3. The minimum Gasteiger partial charge on any atom is -0.396 e. The Kier molecular flexibility index (Phi) is 3.66. The summed E-state index contributed by atoms with van der Waals surface area (Å²) >= 11 is 0. The lowest BCUT2D eigenvalue weighted by Gasteiger charge is -2.06. The maximum atomic E-state index is 13.4. The largest absolute Gasteiger partial charge is 0.396 e. The van der Waals surface area contributed by atoms with Crippen LogP contribution in [0.1, 0.15) is 5.56 Å². The smallest absolute Gasteiger partial charge is 0.162 e. The van der Waals surface area contributed by atoms with Crippen LogP contribution in [0.5, 0.6) is 0 Å². The average molecular weight is 268 g/mol. The van der Waals surface area contributed by atoms with Crippen molar-refractivity contribution in [2.24, 2.45) is 0 Å². The number of anilines is 1. The van der Waals surface area contributed by atoms with Crippen molar-refractivity contribution < 1.29 is 13.0 Å². The number of aromatic nitrogens is 1. The highest BCUT2D eigenvalue weighted by Gasteiger charge is 2.13. The molecule has 1 aromatic carbocycles. The highest BCUT2D eigenvalue weighted by Crippen LogP contribution is 2.20. The molecule has 0 bridgehead atoms. The van der Waals surface area contributed by atoms with Gasteiger partial charge in [0.25, 0.3) is 0 Å².